The van der Waals surface area contributed by atoms with E-state index in [1.807, 2.05) is 18.2 Å². The molecular formula is C19H28N2O3S. The van der Waals surface area contributed by atoms with Gasteiger partial charge in [-0.1, -0.05) is 25.1 Å². The molecule has 1 aliphatic rings. The molecule has 0 bridgehead atoms. The number of nitrogens with zero attached hydrogens (tertiary/aromatic N) is 2. The van der Waals surface area contributed by atoms with E-state index in [1.54, 1.807) is 4.31 Å². The standard InChI is InChI=1S/C19H28N2O3S/c1-4-18-17(16-9-5-6-10-19(16)24-18)14-20(2)12-15-8-7-11-21(13-15)25(3,22)23/h5-6,9-10,15H,4,7-8,11-14H2,1-3H3. The summed E-state index contributed by atoms with van der Waals surface area (Å²) in [7, 11) is -0.972. The van der Waals surface area contributed by atoms with E-state index in [4.69, 9.17) is 4.42 Å². The maximum absolute atomic E-state index is 11.8. The number of hydrogen-bond donors (Lipinski definition) is 0. The first kappa shape index (κ1) is 18.4. The number of benzene rings is 1. The number of furan rings is 1. The van der Waals surface area contributed by atoms with Crippen molar-refractivity contribution >= 4 is 21.0 Å². The minimum Gasteiger partial charge on any atom is -0.461 e. The molecule has 3 rings (SSSR count). The van der Waals surface area contributed by atoms with Crippen molar-refractivity contribution in [2.75, 3.05) is 32.9 Å². The molecule has 0 spiro atoms. The Bertz CT molecular complexity index is 828. The number of piperidine rings is 1. The van der Waals surface area contributed by atoms with Crippen molar-refractivity contribution in [3.8, 4) is 0 Å². The number of aryl methyl sites for hydroxylation is 1. The van der Waals surface area contributed by atoms with Gasteiger partial charge in [-0.3, -0.25) is 0 Å². The first-order valence-electron chi connectivity index (χ1n) is 9.01. The predicted molar refractivity (Wildman–Crippen MR) is 101 cm³/mol. The molecule has 2 heterocycles. The van der Waals surface area contributed by atoms with Gasteiger partial charge >= 0.3 is 0 Å². The van der Waals surface area contributed by atoms with Gasteiger partial charge in [0, 0.05) is 43.5 Å². The third-order valence-corrected chi connectivity index (χ3v) is 6.32. The van der Waals surface area contributed by atoms with E-state index in [-0.39, 0.29) is 0 Å². The Kier molecular flexibility index (Phi) is 5.51. The number of para-hydroxylation sites is 1. The molecule has 1 aromatic carbocycles. The summed E-state index contributed by atoms with van der Waals surface area (Å²) < 4.78 is 31.2. The monoisotopic (exact) mass is 364 g/mol. The highest BCUT2D eigenvalue weighted by Gasteiger charge is 2.27. The quantitative estimate of drug-likeness (QED) is 0.790. The van der Waals surface area contributed by atoms with E-state index in [9.17, 15) is 8.42 Å². The molecule has 138 valence electrons. The van der Waals surface area contributed by atoms with Gasteiger partial charge in [0.25, 0.3) is 0 Å². The van der Waals surface area contributed by atoms with Gasteiger partial charge in [0.15, 0.2) is 0 Å². The number of hydrogen-bond acceptors (Lipinski definition) is 4. The van der Waals surface area contributed by atoms with Gasteiger partial charge in [-0.15, -0.1) is 0 Å². The summed E-state index contributed by atoms with van der Waals surface area (Å²) >= 11 is 0. The van der Waals surface area contributed by atoms with Gasteiger partial charge in [0.2, 0.25) is 10.0 Å². The highest BCUT2D eigenvalue weighted by Crippen LogP contribution is 2.28. The van der Waals surface area contributed by atoms with Crippen LogP contribution in [0.15, 0.2) is 28.7 Å². The normalized spacial score (nSPS) is 19.8. The molecule has 1 saturated heterocycles. The van der Waals surface area contributed by atoms with E-state index in [0.29, 0.717) is 19.0 Å². The molecule has 2 aromatic rings. The van der Waals surface area contributed by atoms with Crippen LogP contribution in [0.4, 0.5) is 0 Å². The van der Waals surface area contributed by atoms with Crippen LogP contribution in [0.2, 0.25) is 0 Å². The Balaban J connectivity index is 1.70. The van der Waals surface area contributed by atoms with Crippen LogP contribution in [0.5, 0.6) is 0 Å². The highest BCUT2D eigenvalue weighted by molar-refractivity contribution is 7.88. The second-order valence-corrected chi connectivity index (χ2v) is 9.16. The van der Waals surface area contributed by atoms with Crippen molar-refractivity contribution in [1.82, 2.24) is 9.21 Å². The van der Waals surface area contributed by atoms with Gasteiger partial charge in [-0.05, 0) is 31.9 Å². The molecule has 1 aromatic heterocycles. The molecule has 5 nitrogen and oxygen atoms in total. The third-order valence-electron chi connectivity index (χ3n) is 5.05. The molecule has 1 atom stereocenters. The lowest BCUT2D eigenvalue weighted by molar-refractivity contribution is 0.196. The zero-order valence-electron chi connectivity index (χ0n) is 15.4. The number of fused-ring (bicyclic) bond motifs is 1. The topological polar surface area (TPSA) is 53.8 Å². The van der Waals surface area contributed by atoms with Crippen molar-refractivity contribution in [3.63, 3.8) is 0 Å². The predicted octanol–water partition coefficient (Wildman–Crippen LogP) is 3.10. The third kappa shape index (κ3) is 4.25. The number of sulfonamides is 1. The lowest BCUT2D eigenvalue weighted by atomic mass is 9.99. The number of rotatable bonds is 6. The Morgan fingerprint density at radius 2 is 2.08 bits per heavy atom. The Labute approximate surface area is 150 Å². The van der Waals surface area contributed by atoms with Gasteiger partial charge in [-0.2, -0.15) is 0 Å². The van der Waals surface area contributed by atoms with Crippen molar-refractivity contribution in [2.24, 2.45) is 5.92 Å². The molecule has 6 heteroatoms. The van der Waals surface area contributed by atoms with Crippen LogP contribution in [0.1, 0.15) is 31.1 Å². The van der Waals surface area contributed by atoms with Crippen LogP contribution >= 0.6 is 0 Å². The van der Waals surface area contributed by atoms with Gasteiger partial charge in [0.1, 0.15) is 11.3 Å². The van der Waals surface area contributed by atoms with E-state index in [2.05, 4.69) is 24.9 Å². The van der Waals surface area contributed by atoms with Crippen LogP contribution in [0.25, 0.3) is 11.0 Å². The van der Waals surface area contributed by atoms with E-state index < -0.39 is 10.0 Å². The fourth-order valence-corrected chi connectivity index (χ4v) is 4.80. The van der Waals surface area contributed by atoms with Gasteiger partial charge in [-0.25, -0.2) is 12.7 Å². The molecule has 1 fully saturated rings. The second-order valence-electron chi connectivity index (χ2n) is 7.18. The van der Waals surface area contributed by atoms with E-state index in [0.717, 1.165) is 43.7 Å². The maximum Gasteiger partial charge on any atom is 0.211 e. The Morgan fingerprint density at radius 1 is 1.32 bits per heavy atom. The summed E-state index contributed by atoms with van der Waals surface area (Å²) in [6, 6.07) is 8.18. The molecule has 0 N–H and O–H groups in total. The fourth-order valence-electron chi connectivity index (χ4n) is 3.86. The lowest BCUT2D eigenvalue weighted by Gasteiger charge is -2.33. The van der Waals surface area contributed by atoms with Crippen molar-refractivity contribution in [2.45, 2.75) is 32.7 Å². The first-order chi connectivity index (χ1) is 11.9. The SMILES string of the molecule is CCc1oc2ccccc2c1CN(C)CC1CCCN(S(C)(=O)=O)C1. The minimum atomic E-state index is -3.08. The molecule has 1 aliphatic heterocycles. The average molecular weight is 365 g/mol. The smallest absolute Gasteiger partial charge is 0.211 e. The summed E-state index contributed by atoms with van der Waals surface area (Å²) in [5, 5.41) is 1.19. The first-order valence-corrected chi connectivity index (χ1v) is 10.9. The van der Waals surface area contributed by atoms with Crippen LogP contribution in [-0.4, -0.2) is 50.6 Å². The average Bonchev–Trinajstić information content (AvgIpc) is 2.92. The Morgan fingerprint density at radius 3 is 2.80 bits per heavy atom. The summed E-state index contributed by atoms with van der Waals surface area (Å²) in [4.78, 5) is 2.30. The summed E-state index contributed by atoms with van der Waals surface area (Å²) in [6.45, 7) is 5.14. The molecular weight excluding hydrogens is 336 g/mol. The molecule has 0 saturated carbocycles. The van der Waals surface area contributed by atoms with Crippen molar-refractivity contribution in [1.29, 1.82) is 0 Å². The van der Waals surface area contributed by atoms with Crippen molar-refractivity contribution < 1.29 is 12.8 Å². The van der Waals surface area contributed by atoms with E-state index >= 15 is 0 Å². The summed E-state index contributed by atoms with van der Waals surface area (Å²) in [6.07, 6.45) is 4.22. The fraction of sp³-hybridized carbons (Fsp3) is 0.579. The molecule has 0 radical (unpaired) electrons. The molecule has 1 unspecified atom stereocenters. The van der Waals surface area contributed by atoms with Crippen LogP contribution < -0.4 is 0 Å². The van der Waals surface area contributed by atoms with Crippen LogP contribution in [0, 0.1) is 5.92 Å². The molecule has 0 aliphatic carbocycles. The highest BCUT2D eigenvalue weighted by atomic mass is 32.2. The second kappa shape index (κ2) is 7.48. The zero-order valence-corrected chi connectivity index (χ0v) is 16.2. The molecule has 25 heavy (non-hydrogen) atoms. The van der Waals surface area contributed by atoms with Gasteiger partial charge in [0.05, 0.1) is 6.26 Å². The van der Waals surface area contributed by atoms with Crippen molar-refractivity contribution in [3.05, 3.63) is 35.6 Å². The minimum absolute atomic E-state index is 0.386. The Hall–Kier alpha value is -1.37. The van der Waals surface area contributed by atoms with Crippen LogP contribution in [0.3, 0.4) is 0 Å². The van der Waals surface area contributed by atoms with Crippen LogP contribution in [-0.2, 0) is 23.0 Å². The molecule has 0 amide bonds. The van der Waals surface area contributed by atoms with Gasteiger partial charge < -0.3 is 9.32 Å². The lowest BCUT2D eigenvalue weighted by Crippen LogP contribution is -2.42. The summed E-state index contributed by atoms with van der Waals surface area (Å²) in [5.74, 6) is 1.44. The largest absolute Gasteiger partial charge is 0.461 e. The zero-order chi connectivity index (χ0) is 18.0. The maximum atomic E-state index is 11.8. The summed E-state index contributed by atoms with van der Waals surface area (Å²) in [5.41, 5.74) is 2.21. The van der Waals surface area contributed by atoms with E-state index in [1.165, 1.54) is 17.2 Å².